The lowest BCUT2D eigenvalue weighted by Crippen LogP contribution is -2.41. The van der Waals surface area contributed by atoms with Crippen LogP contribution in [0.1, 0.15) is 19.3 Å². The lowest BCUT2D eigenvalue weighted by Gasteiger charge is -2.29. The molecule has 1 aromatic heterocycles. The quantitative estimate of drug-likeness (QED) is 0.720. The smallest absolute Gasteiger partial charge is 0.0491 e. The first kappa shape index (κ1) is 15.7. The van der Waals surface area contributed by atoms with Crippen LogP contribution in [0.4, 0.5) is 0 Å². The number of hydrogen-bond donors (Lipinski definition) is 1. The van der Waals surface area contributed by atoms with E-state index in [9.17, 15) is 0 Å². The van der Waals surface area contributed by atoms with Gasteiger partial charge in [0.2, 0.25) is 0 Å². The second kappa shape index (κ2) is 6.96. The van der Waals surface area contributed by atoms with Crippen molar-refractivity contribution in [3.05, 3.63) is 48.5 Å². The normalized spacial score (nSPS) is 17.0. The maximum Gasteiger partial charge on any atom is 0.0491 e. The van der Waals surface area contributed by atoms with Gasteiger partial charge < -0.3 is 14.8 Å². The van der Waals surface area contributed by atoms with Gasteiger partial charge in [0.25, 0.3) is 0 Å². The average Bonchev–Trinajstić information content (AvgIpc) is 2.95. The summed E-state index contributed by atoms with van der Waals surface area (Å²) in [4.78, 5) is 2.43. The molecule has 2 aromatic carbocycles. The van der Waals surface area contributed by atoms with Crippen LogP contribution in [-0.2, 0) is 6.54 Å². The van der Waals surface area contributed by atoms with Crippen molar-refractivity contribution >= 4 is 21.8 Å². The van der Waals surface area contributed by atoms with Crippen molar-refractivity contribution in [3.63, 3.8) is 0 Å². The van der Waals surface area contributed by atoms with E-state index in [2.05, 4.69) is 70.4 Å². The van der Waals surface area contributed by atoms with Crippen molar-refractivity contribution in [3.8, 4) is 0 Å². The number of aryl methyl sites for hydroxylation is 1. The molecule has 24 heavy (non-hydrogen) atoms. The molecule has 0 radical (unpaired) electrons. The molecular formula is C21H27N3. The Balaban J connectivity index is 1.44. The fourth-order valence-electron chi connectivity index (χ4n) is 4.00. The molecule has 0 aliphatic carbocycles. The molecule has 2 heterocycles. The third-order valence-electron chi connectivity index (χ3n) is 5.39. The zero-order valence-electron chi connectivity index (χ0n) is 14.5. The van der Waals surface area contributed by atoms with Crippen LogP contribution < -0.4 is 5.32 Å². The molecule has 0 saturated carbocycles. The predicted molar refractivity (Wildman–Crippen MR) is 103 cm³/mol. The number of rotatable bonds is 5. The topological polar surface area (TPSA) is 20.2 Å². The molecule has 0 amide bonds. The van der Waals surface area contributed by atoms with Gasteiger partial charge in [-0.05, 0) is 58.1 Å². The molecule has 1 fully saturated rings. The maximum atomic E-state index is 3.76. The highest BCUT2D eigenvalue weighted by Gasteiger charge is 2.15. The third-order valence-corrected chi connectivity index (χ3v) is 5.39. The average molecular weight is 321 g/mol. The number of piperidine rings is 1. The number of benzene rings is 2. The summed E-state index contributed by atoms with van der Waals surface area (Å²) in [6.07, 6.45) is 3.74. The van der Waals surface area contributed by atoms with E-state index in [1.54, 1.807) is 0 Å². The molecular weight excluding hydrogens is 294 g/mol. The van der Waals surface area contributed by atoms with Crippen LogP contribution in [0.2, 0.25) is 0 Å². The second-order valence-corrected chi connectivity index (χ2v) is 7.07. The van der Waals surface area contributed by atoms with Gasteiger partial charge in [-0.1, -0.05) is 36.4 Å². The first-order valence-electron chi connectivity index (χ1n) is 9.21. The first-order valence-corrected chi connectivity index (χ1v) is 9.21. The Hall–Kier alpha value is -1.84. The molecule has 3 heteroatoms. The number of para-hydroxylation sites is 2. The second-order valence-electron chi connectivity index (χ2n) is 7.07. The zero-order valence-corrected chi connectivity index (χ0v) is 14.5. The molecule has 0 spiro atoms. The lowest BCUT2D eigenvalue weighted by molar-refractivity contribution is 0.234. The van der Waals surface area contributed by atoms with E-state index in [0.717, 1.165) is 13.1 Å². The van der Waals surface area contributed by atoms with E-state index in [-0.39, 0.29) is 0 Å². The standard InChI is InChI=1S/C21H27N3/c1-23-15-11-17(12-16-23)22-13-6-14-24-20-9-4-2-7-18(20)19-8-3-5-10-21(19)24/h2-5,7-10,17,22H,6,11-16H2,1H3. The molecule has 1 aliphatic rings. The summed E-state index contributed by atoms with van der Waals surface area (Å²) < 4.78 is 2.49. The molecule has 3 aromatic rings. The molecule has 3 nitrogen and oxygen atoms in total. The van der Waals surface area contributed by atoms with Crippen molar-refractivity contribution in [1.29, 1.82) is 0 Å². The number of nitrogens with one attached hydrogen (secondary N) is 1. The van der Waals surface area contributed by atoms with Gasteiger partial charge in [-0.2, -0.15) is 0 Å². The zero-order chi connectivity index (χ0) is 16.4. The van der Waals surface area contributed by atoms with E-state index in [4.69, 9.17) is 0 Å². The van der Waals surface area contributed by atoms with Gasteiger partial charge in [-0.25, -0.2) is 0 Å². The van der Waals surface area contributed by atoms with Crippen molar-refractivity contribution in [2.75, 3.05) is 26.7 Å². The van der Waals surface area contributed by atoms with Crippen LogP contribution in [0.3, 0.4) is 0 Å². The van der Waals surface area contributed by atoms with Crippen LogP contribution in [0.5, 0.6) is 0 Å². The Labute approximate surface area is 144 Å². The fourth-order valence-corrected chi connectivity index (χ4v) is 4.00. The van der Waals surface area contributed by atoms with Crippen LogP contribution in [0.15, 0.2) is 48.5 Å². The van der Waals surface area contributed by atoms with Gasteiger partial charge in [0, 0.05) is 34.4 Å². The van der Waals surface area contributed by atoms with Gasteiger partial charge >= 0.3 is 0 Å². The summed E-state index contributed by atoms with van der Waals surface area (Å²) in [5.41, 5.74) is 2.72. The Morgan fingerprint density at radius 2 is 1.50 bits per heavy atom. The number of likely N-dealkylation sites (tertiary alicyclic amines) is 1. The number of aromatic nitrogens is 1. The summed E-state index contributed by atoms with van der Waals surface area (Å²) >= 11 is 0. The Kier molecular flexibility index (Phi) is 4.54. The van der Waals surface area contributed by atoms with E-state index < -0.39 is 0 Å². The SMILES string of the molecule is CN1CCC(NCCCn2c3ccccc3c3ccccc32)CC1. The van der Waals surface area contributed by atoms with Crippen LogP contribution in [0, 0.1) is 0 Å². The molecule has 126 valence electrons. The monoisotopic (exact) mass is 321 g/mol. The summed E-state index contributed by atoms with van der Waals surface area (Å²) in [5, 5.41) is 6.50. The summed E-state index contributed by atoms with van der Waals surface area (Å²) in [6, 6.07) is 18.3. The fraction of sp³-hybridized carbons (Fsp3) is 0.429. The van der Waals surface area contributed by atoms with Gasteiger partial charge in [0.05, 0.1) is 0 Å². The lowest BCUT2D eigenvalue weighted by atomic mass is 10.1. The van der Waals surface area contributed by atoms with Crippen LogP contribution in [0.25, 0.3) is 21.8 Å². The van der Waals surface area contributed by atoms with E-state index in [1.807, 2.05) is 0 Å². The summed E-state index contributed by atoms with van der Waals surface area (Å²) in [6.45, 7) is 4.64. The number of nitrogens with zero attached hydrogens (tertiary/aromatic N) is 2. The Bertz CT molecular complexity index is 759. The van der Waals surface area contributed by atoms with E-state index in [1.165, 1.54) is 54.2 Å². The molecule has 0 atom stereocenters. The molecule has 1 aliphatic heterocycles. The number of fused-ring (bicyclic) bond motifs is 3. The van der Waals surface area contributed by atoms with Crippen LogP contribution >= 0.6 is 0 Å². The van der Waals surface area contributed by atoms with Crippen molar-refractivity contribution in [1.82, 2.24) is 14.8 Å². The van der Waals surface area contributed by atoms with Crippen molar-refractivity contribution in [2.24, 2.45) is 0 Å². The van der Waals surface area contributed by atoms with Gasteiger partial charge in [0.1, 0.15) is 0 Å². The maximum absolute atomic E-state index is 3.76. The summed E-state index contributed by atoms with van der Waals surface area (Å²) in [7, 11) is 2.22. The highest BCUT2D eigenvalue weighted by molar-refractivity contribution is 6.07. The molecule has 0 unspecified atom stereocenters. The number of hydrogen-bond acceptors (Lipinski definition) is 2. The highest BCUT2D eigenvalue weighted by Crippen LogP contribution is 2.28. The highest BCUT2D eigenvalue weighted by atomic mass is 15.1. The third kappa shape index (κ3) is 3.06. The van der Waals surface area contributed by atoms with E-state index in [0.29, 0.717) is 6.04 Å². The Morgan fingerprint density at radius 3 is 2.12 bits per heavy atom. The molecule has 1 saturated heterocycles. The molecule has 0 bridgehead atoms. The molecule has 1 N–H and O–H groups in total. The minimum atomic E-state index is 0.708. The summed E-state index contributed by atoms with van der Waals surface area (Å²) in [5.74, 6) is 0. The van der Waals surface area contributed by atoms with Crippen molar-refractivity contribution in [2.45, 2.75) is 31.8 Å². The predicted octanol–water partition coefficient (Wildman–Crippen LogP) is 3.87. The molecule has 4 rings (SSSR count). The van der Waals surface area contributed by atoms with Crippen LogP contribution in [-0.4, -0.2) is 42.2 Å². The van der Waals surface area contributed by atoms with Gasteiger partial charge in [-0.15, -0.1) is 0 Å². The minimum Gasteiger partial charge on any atom is -0.340 e. The van der Waals surface area contributed by atoms with E-state index >= 15 is 0 Å². The van der Waals surface area contributed by atoms with Gasteiger partial charge in [-0.3, -0.25) is 0 Å². The van der Waals surface area contributed by atoms with Crippen molar-refractivity contribution < 1.29 is 0 Å². The Morgan fingerprint density at radius 1 is 0.917 bits per heavy atom. The minimum absolute atomic E-state index is 0.708. The largest absolute Gasteiger partial charge is 0.340 e. The van der Waals surface area contributed by atoms with Gasteiger partial charge in [0.15, 0.2) is 0 Å². The first-order chi connectivity index (χ1) is 11.8.